The second kappa shape index (κ2) is 6.01. The standard InChI is InChI=1S/C11H17N.ClH/c1-3-9(2)11(12)10-7-5-4-6-8-10;/h4-9,11H,3,12H2,1-2H3;1H. The van der Waals surface area contributed by atoms with E-state index in [1.807, 2.05) is 18.2 Å². The average Bonchev–Trinajstić information content (AvgIpc) is 2.17. The van der Waals surface area contributed by atoms with Gasteiger partial charge in [-0.05, 0) is 11.5 Å². The van der Waals surface area contributed by atoms with Gasteiger partial charge in [-0.3, -0.25) is 0 Å². The highest BCUT2D eigenvalue weighted by Crippen LogP contribution is 2.20. The van der Waals surface area contributed by atoms with Gasteiger partial charge in [0, 0.05) is 6.04 Å². The van der Waals surface area contributed by atoms with Crippen LogP contribution in [0.2, 0.25) is 0 Å². The smallest absolute Gasteiger partial charge is 0.0320 e. The summed E-state index contributed by atoms with van der Waals surface area (Å²) in [7, 11) is 0. The first kappa shape index (κ1) is 12.5. The van der Waals surface area contributed by atoms with E-state index >= 15 is 0 Å². The Hall–Kier alpha value is -0.530. The predicted molar refractivity (Wildman–Crippen MR) is 60.1 cm³/mol. The van der Waals surface area contributed by atoms with Crippen molar-refractivity contribution in [3.8, 4) is 0 Å². The molecule has 2 unspecified atom stereocenters. The van der Waals surface area contributed by atoms with Crippen LogP contribution in [0.3, 0.4) is 0 Å². The van der Waals surface area contributed by atoms with Crippen LogP contribution in [-0.2, 0) is 0 Å². The fourth-order valence-electron chi connectivity index (χ4n) is 1.26. The van der Waals surface area contributed by atoms with E-state index in [0.717, 1.165) is 6.42 Å². The molecule has 1 nitrogen and oxygen atoms in total. The fraction of sp³-hybridized carbons (Fsp3) is 0.455. The van der Waals surface area contributed by atoms with E-state index in [9.17, 15) is 0 Å². The molecule has 0 saturated heterocycles. The van der Waals surface area contributed by atoms with Gasteiger partial charge in [0.15, 0.2) is 0 Å². The summed E-state index contributed by atoms with van der Waals surface area (Å²) in [6.45, 7) is 4.37. The molecule has 0 bridgehead atoms. The Kier molecular flexibility index (Phi) is 5.76. The molecule has 1 aromatic rings. The quantitative estimate of drug-likeness (QED) is 0.796. The highest BCUT2D eigenvalue weighted by molar-refractivity contribution is 5.85. The molecule has 0 aliphatic carbocycles. The Bertz CT molecular complexity index is 223. The monoisotopic (exact) mass is 199 g/mol. The number of rotatable bonds is 3. The maximum atomic E-state index is 6.05. The summed E-state index contributed by atoms with van der Waals surface area (Å²) >= 11 is 0. The van der Waals surface area contributed by atoms with E-state index in [0.29, 0.717) is 5.92 Å². The minimum atomic E-state index is 0. The van der Waals surface area contributed by atoms with Gasteiger partial charge in [-0.1, -0.05) is 50.6 Å². The zero-order valence-electron chi connectivity index (χ0n) is 8.23. The largest absolute Gasteiger partial charge is 0.324 e. The van der Waals surface area contributed by atoms with Crippen LogP contribution in [0.25, 0.3) is 0 Å². The van der Waals surface area contributed by atoms with Crippen LogP contribution in [0, 0.1) is 5.92 Å². The summed E-state index contributed by atoms with van der Waals surface area (Å²) in [6, 6.07) is 10.5. The molecule has 1 rings (SSSR count). The molecule has 13 heavy (non-hydrogen) atoms. The minimum absolute atomic E-state index is 0. The fourth-order valence-corrected chi connectivity index (χ4v) is 1.26. The molecular formula is C11H18ClN. The zero-order valence-corrected chi connectivity index (χ0v) is 9.05. The van der Waals surface area contributed by atoms with Gasteiger partial charge in [-0.15, -0.1) is 12.4 Å². The van der Waals surface area contributed by atoms with E-state index in [1.165, 1.54) is 5.56 Å². The van der Waals surface area contributed by atoms with Gasteiger partial charge >= 0.3 is 0 Å². The molecule has 0 fully saturated rings. The molecule has 0 aliphatic rings. The zero-order chi connectivity index (χ0) is 8.97. The molecule has 2 N–H and O–H groups in total. The molecule has 2 atom stereocenters. The van der Waals surface area contributed by atoms with Crippen LogP contribution in [0.5, 0.6) is 0 Å². The molecular weight excluding hydrogens is 182 g/mol. The molecule has 0 spiro atoms. The number of nitrogens with two attached hydrogens (primary N) is 1. The van der Waals surface area contributed by atoms with Gasteiger partial charge in [-0.25, -0.2) is 0 Å². The lowest BCUT2D eigenvalue weighted by Gasteiger charge is -2.18. The van der Waals surface area contributed by atoms with Crippen LogP contribution >= 0.6 is 12.4 Å². The van der Waals surface area contributed by atoms with Gasteiger partial charge in [0.25, 0.3) is 0 Å². The lowest BCUT2D eigenvalue weighted by molar-refractivity contribution is 0.457. The Labute approximate surface area is 86.7 Å². The highest BCUT2D eigenvalue weighted by Gasteiger charge is 2.11. The van der Waals surface area contributed by atoms with E-state index < -0.39 is 0 Å². The van der Waals surface area contributed by atoms with Crippen molar-refractivity contribution in [2.45, 2.75) is 26.3 Å². The molecule has 74 valence electrons. The number of halogens is 1. The van der Waals surface area contributed by atoms with Crippen molar-refractivity contribution in [2.24, 2.45) is 11.7 Å². The van der Waals surface area contributed by atoms with Gasteiger partial charge in [0.1, 0.15) is 0 Å². The normalized spacial score (nSPS) is 14.4. The van der Waals surface area contributed by atoms with Crippen molar-refractivity contribution in [1.29, 1.82) is 0 Å². The molecule has 0 aliphatic heterocycles. The van der Waals surface area contributed by atoms with E-state index in [1.54, 1.807) is 0 Å². The summed E-state index contributed by atoms with van der Waals surface area (Å²) in [5, 5.41) is 0. The van der Waals surface area contributed by atoms with Crippen molar-refractivity contribution in [1.82, 2.24) is 0 Å². The van der Waals surface area contributed by atoms with Crippen molar-refractivity contribution in [2.75, 3.05) is 0 Å². The van der Waals surface area contributed by atoms with E-state index in [2.05, 4.69) is 26.0 Å². The minimum Gasteiger partial charge on any atom is -0.324 e. The van der Waals surface area contributed by atoms with Crippen molar-refractivity contribution < 1.29 is 0 Å². The first-order valence-electron chi connectivity index (χ1n) is 4.56. The van der Waals surface area contributed by atoms with Crippen LogP contribution in [-0.4, -0.2) is 0 Å². The van der Waals surface area contributed by atoms with Gasteiger partial charge in [0.05, 0.1) is 0 Å². The van der Waals surface area contributed by atoms with Crippen LogP contribution < -0.4 is 5.73 Å². The summed E-state index contributed by atoms with van der Waals surface area (Å²) in [4.78, 5) is 0. The Morgan fingerprint density at radius 2 is 1.77 bits per heavy atom. The average molecular weight is 200 g/mol. The van der Waals surface area contributed by atoms with Crippen molar-refractivity contribution in [3.05, 3.63) is 35.9 Å². The van der Waals surface area contributed by atoms with Crippen molar-refractivity contribution in [3.63, 3.8) is 0 Å². The summed E-state index contributed by atoms with van der Waals surface area (Å²) in [6.07, 6.45) is 1.13. The third-order valence-corrected chi connectivity index (χ3v) is 2.44. The van der Waals surface area contributed by atoms with Crippen LogP contribution in [0.4, 0.5) is 0 Å². The van der Waals surface area contributed by atoms with E-state index in [4.69, 9.17) is 5.73 Å². The second-order valence-corrected chi connectivity index (χ2v) is 3.32. The first-order valence-corrected chi connectivity index (χ1v) is 4.56. The van der Waals surface area contributed by atoms with Crippen LogP contribution in [0.15, 0.2) is 30.3 Å². The Morgan fingerprint density at radius 3 is 2.23 bits per heavy atom. The van der Waals surface area contributed by atoms with Crippen molar-refractivity contribution >= 4 is 12.4 Å². The SMILES string of the molecule is CCC(C)C(N)c1ccccc1.Cl. The third kappa shape index (κ3) is 3.37. The molecule has 0 heterocycles. The summed E-state index contributed by atoms with van der Waals surface area (Å²) < 4.78 is 0. The summed E-state index contributed by atoms with van der Waals surface area (Å²) in [5.74, 6) is 0.562. The molecule has 0 saturated carbocycles. The maximum absolute atomic E-state index is 6.05. The van der Waals surface area contributed by atoms with Gasteiger partial charge in [-0.2, -0.15) is 0 Å². The Morgan fingerprint density at radius 1 is 1.23 bits per heavy atom. The molecule has 0 amide bonds. The molecule has 2 heteroatoms. The Balaban J connectivity index is 0.00000144. The van der Waals surface area contributed by atoms with E-state index in [-0.39, 0.29) is 18.4 Å². The first-order chi connectivity index (χ1) is 5.75. The lowest BCUT2D eigenvalue weighted by Crippen LogP contribution is -2.18. The maximum Gasteiger partial charge on any atom is 0.0320 e. The third-order valence-electron chi connectivity index (χ3n) is 2.44. The number of benzene rings is 1. The molecule has 1 aromatic carbocycles. The second-order valence-electron chi connectivity index (χ2n) is 3.32. The predicted octanol–water partition coefficient (Wildman–Crippen LogP) is 3.15. The highest BCUT2D eigenvalue weighted by atomic mass is 35.5. The topological polar surface area (TPSA) is 26.0 Å². The lowest BCUT2D eigenvalue weighted by atomic mass is 9.94. The number of hydrogen-bond donors (Lipinski definition) is 1. The number of hydrogen-bond acceptors (Lipinski definition) is 1. The molecule has 0 radical (unpaired) electrons. The van der Waals surface area contributed by atoms with Gasteiger partial charge < -0.3 is 5.73 Å². The summed E-state index contributed by atoms with van der Waals surface area (Å²) in [5.41, 5.74) is 7.29. The van der Waals surface area contributed by atoms with Crippen LogP contribution in [0.1, 0.15) is 31.9 Å². The van der Waals surface area contributed by atoms with Gasteiger partial charge in [0.2, 0.25) is 0 Å². The molecule has 0 aromatic heterocycles.